The Hall–Kier alpha value is -0.0400. The summed E-state index contributed by atoms with van der Waals surface area (Å²) in [6, 6.07) is 0. The standard InChI is InChI=1S/C12H27N/c1-6-12(7-2,10-13-5)9-8-11(3)4/h11,13H,6-10H2,1-5H3. The minimum atomic E-state index is 0.555. The van der Waals surface area contributed by atoms with E-state index in [1.807, 2.05) is 0 Å². The maximum atomic E-state index is 3.33. The molecule has 80 valence electrons. The molecule has 0 aromatic heterocycles. The van der Waals surface area contributed by atoms with E-state index in [0.29, 0.717) is 5.41 Å². The van der Waals surface area contributed by atoms with Crippen LogP contribution in [-0.4, -0.2) is 13.6 Å². The van der Waals surface area contributed by atoms with Gasteiger partial charge < -0.3 is 5.32 Å². The van der Waals surface area contributed by atoms with Crippen LogP contribution in [0.15, 0.2) is 0 Å². The molecule has 0 saturated carbocycles. The van der Waals surface area contributed by atoms with Gasteiger partial charge in [0.05, 0.1) is 0 Å². The van der Waals surface area contributed by atoms with Gasteiger partial charge in [-0.15, -0.1) is 0 Å². The van der Waals surface area contributed by atoms with Crippen LogP contribution in [0.5, 0.6) is 0 Å². The molecule has 0 bridgehead atoms. The first-order chi connectivity index (χ1) is 6.10. The predicted molar refractivity (Wildman–Crippen MR) is 61.0 cm³/mol. The topological polar surface area (TPSA) is 12.0 Å². The van der Waals surface area contributed by atoms with Crippen molar-refractivity contribution in [3.8, 4) is 0 Å². The summed E-state index contributed by atoms with van der Waals surface area (Å²) in [5, 5.41) is 3.33. The van der Waals surface area contributed by atoms with Crippen molar-refractivity contribution in [2.75, 3.05) is 13.6 Å². The second kappa shape index (κ2) is 6.42. The van der Waals surface area contributed by atoms with Gasteiger partial charge in [0.15, 0.2) is 0 Å². The summed E-state index contributed by atoms with van der Waals surface area (Å²) in [6.07, 6.45) is 5.34. The van der Waals surface area contributed by atoms with E-state index in [1.165, 1.54) is 32.2 Å². The second-order valence-electron chi connectivity index (χ2n) is 4.67. The monoisotopic (exact) mass is 185 g/mol. The Morgan fingerprint density at radius 2 is 1.69 bits per heavy atom. The van der Waals surface area contributed by atoms with Crippen molar-refractivity contribution in [3.05, 3.63) is 0 Å². The predicted octanol–water partition coefficient (Wildman–Crippen LogP) is 3.45. The Morgan fingerprint density at radius 1 is 1.15 bits per heavy atom. The van der Waals surface area contributed by atoms with Crippen molar-refractivity contribution < 1.29 is 0 Å². The molecular weight excluding hydrogens is 158 g/mol. The SMILES string of the molecule is CCC(CC)(CCC(C)C)CNC. The smallest absolute Gasteiger partial charge is 0.000460 e. The second-order valence-corrected chi connectivity index (χ2v) is 4.67. The zero-order valence-corrected chi connectivity index (χ0v) is 10.1. The Balaban J connectivity index is 4.04. The molecule has 1 N–H and O–H groups in total. The maximum Gasteiger partial charge on any atom is 0.000460 e. The van der Waals surface area contributed by atoms with E-state index in [9.17, 15) is 0 Å². The van der Waals surface area contributed by atoms with Gasteiger partial charge in [0.1, 0.15) is 0 Å². The highest BCUT2D eigenvalue weighted by molar-refractivity contribution is 4.78. The summed E-state index contributed by atoms with van der Waals surface area (Å²) in [4.78, 5) is 0. The fourth-order valence-corrected chi connectivity index (χ4v) is 1.91. The number of hydrogen-bond donors (Lipinski definition) is 1. The molecular formula is C12H27N. The van der Waals surface area contributed by atoms with E-state index >= 15 is 0 Å². The van der Waals surface area contributed by atoms with E-state index in [-0.39, 0.29) is 0 Å². The lowest BCUT2D eigenvalue weighted by molar-refractivity contribution is 0.217. The molecule has 13 heavy (non-hydrogen) atoms. The fraction of sp³-hybridized carbons (Fsp3) is 1.00. The molecule has 0 fully saturated rings. The van der Waals surface area contributed by atoms with E-state index in [2.05, 4.69) is 40.1 Å². The van der Waals surface area contributed by atoms with E-state index in [0.717, 1.165) is 5.92 Å². The van der Waals surface area contributed by atoms with Crippen LogP contribution >= 0.6 is 0 Å². The molecule has 0 spiro atoms. The Kier molecular flexibility index (Phi) is 6.40. The molecule has 0 rings (SSSR count). The summed E-state index contributed by atoms with van der Waals surface area (Å²) in [7, 11) is 2.06. The van der Waals surface area contributed by atoms with Gasteiger partial charge in [0.25, 0.3) is 0 Å². The molecule has 1 heteroatoms. The third kappa shape index (κ3) is 4.66. The van der Waals surface area contributed by atoms with E-state index < -0.39 is 0 Å². The lowest BCUT2D eigenvalue weighted by atomic mass is 9.77. The molecule has 0 aliphatic rings. The summed E-state index contributed by atoms with van der Waals surface area (Å²) in [6.45, 7) is 10.4. The average molecular weight is 185 g/mol. The largest absolute Gasteiger partial charge is 0.319 e. The fourth-order valence-electron chi connectivity index (χ4n) is 1.91. The van der Waals surface area contributed by atoms with Crippen molar-refractivity contribution in [3.63, 3.8) is 0 Å². The third-order valence-electron chi connectivity index (χ3n) is 3.30. The Morgan fingerprint density at radius 3 is 2.00 bits per heavy atom. The molecule has 0 aliphatic carbocycles. The van der Waals surface area contributed by atoms with Crippen molar-refractivity contribution >= 4 is 0 Å². The minimum Gasteiger partial charge on any atom is -0.319 e. The van der Waals surface area contributed by atoms with Crippen LogP contribution in [0.2, 0.25) is 0 Å². The normalized spacial score (nSPS) is 12.5. The summed E-state index contributed by atoms with van der Waals surface area (Å²) in [5.41, 5.74) is 0.555. The van der Waals surface area contributed by atoms with Crippen LogP contribution in [0.4, 0.5) is 0 Å². The quantitative estimate of drug-likeness (QED) is 0.640. The van der Waals surface area contributed by atoms with Gasteiger partial charge in [0, 0.05) is 6.54 Å². The summed E-state index contributed by atoms with van der Waals surface area (Å²) >= 11 is 0. The van der Waals surface area contributed by atoms with Crippen LogP contribution < -0.4 is 5.32 Å². The van der Waals surface area contributed by atoms with Gasteiger partial charge >= 0.3 is 0 Å². The van der Waals surface area contributed by atoms with Gasteiger partial charge in [-0.1, -0.05) is 34.1 Å². The Labute approximate surface area is 84.3 Å². The van der Waals surface area contributed by atoms with Crippen molar-refractivity contribution in [2.45, 2.75) is 53.4 Å². The molecule has 0 heterocycles. The highest BCUT2D eigenvalue weighted by Crippen LogP contribution is 2.32. The number of rotatable bonds is 7. The molecule has 0 unspecified atom stereocenters. The molecule has 0 aromatic rings. The lowest BCUT2D eigenvalue weighted by Gasteiger charge is -2.32. The molecule has 0 saturated heterocycles. The van der Waals surface area contributed by atoms with Gasteiger partial charge in [-0.2, -0.15) is 0 Å². The molecule has 0 radical (unpaired) electrons. The molecule has 0 amide bonds. The van der Waals surface area contributed by atoms with Crippen LogP contribution in [0.3, 0.4) is 0 Å². The van der Waals surface area contributed by atoms with E-state index in [1.54, 1.807) is 0 Å². The van der Waals surface area contributed by atoms with Gasteiger partial charge in [-0.3, -0.25) is 0 Å². The first kappa shape index (κ1) is 13.0. The molecule has 0 aromatic carbocycles. The highest BCUT2D eigenvalue weighted by atomic mass is 14.8. The van der Waals surface area contributed by atoms with Crippen LogP contribution in [-0.2, 0) is 0 Å². The zero-order valence-electron chi connectivity index (χ0n) is 10.1. The van der Waals surface area contributed by atoms with Crippen molar-refractivity contribution in [1.82, 2.24) is 5.32 Å². The van der Waals surface area contributed by atoms with Crippen LogP contribution in [0.25, 0.3) is 0 Å². The van der Waals surface area contributed by atoms with Gasteiger partial charge in [-0.05, 0) is 37.6 Å². The number of hydrogen-bond acceptors (Lipinski definition) is 1. The first-order valence-corrected chi connectivity index (χ1v) is 5.74. The van der Waals surface area contributed by atoms with Crippen molar-refractivity contribution in [1.29, 1.82) is 0 Å². The molecule has 0 aliphatic heterocycles. The maximum absolute atomic E-state index is 3.33. The van der Waals surface area contributed by atoms with Gasteiger partial charge in [0.2, 0.25) is 0 Å². The summed E-state index contributed by atoms with van der Waals surface area (Å²) in [5.74, 6) is 0.842. The minimum absolute atomic E-state index is 0.555. The highest BCUT2D eigenvalue weighted by Gasteiger charge is 2.24. The third-order valence-corrected chi connectivity index (χ3v) is 3.30. The molecule has 0 atom stereocenters. The zero-order chi connectivity index (χ0) is 10.3. The first-order valence-electron chi connectivity index (χ1n) is 5.74. The van der Waals surface area contributed by atoms with Gasteiger partial charge in [-0.25, -0.2) is 0 Å². The summed E-state index contributed by atoms with van der Waals surface area (Å²) < 4.78 is 0. The lowest BCUT2D eigenvalue weighted by Crippen LogP contribution is -2.31. The molecule has 1 nitrogen and oxygen atoms in total. The van der Waals surface area contributed by atoms with Crippen LogP contribution in [0.1, 0.15) is 53.4 Å². The van der Waals surface area contributed by atoms with Crippen molar-refractivity contribution in [2.24, 2.45) is 11.3 Å². The number of nitrogens with one attached hydrogen (secondary N) is 1. The van der Waals surface area contributed by atoms with Crippen LogP contribution in [0, 0.1) is 11.3 Å². The van der Waals surface area contributed by atoms with E-state index in [4.69, 9.17) is 0 Å². The Bertz CT molecular complexity index is 114. The average Bonchev–Trinajstić information content (AvgIpc) is 2.12.